The van der Waals surface area contributed by atoms with Crippen LogP contribution in [0.25, 0.3) is 0 Å². The Labute approximate surface area is 106 Å². The number of benzene rings is 1. The van der Waals surface area contributed by atoms with Crippen molar-refractivity contribution in [3.63, 3.8) is 0 Å². The lowest BCUT2D eigenvalue weighted by Crippen LogP contribution is -2.29. The van der Waals surface area contributed by atoms with Crippen LogP contribution >= 0.6 is 0 Å². The van der Waals surface area contributed by atoms with Crippen LogP contribution in [0.3, 0.4) is 0 Å². The van der Waals surface area contributed by atoms with Gasteiger partial charge in [0, 0.05) is 0 Å². The first kappa shape index (κ1) is 14.2. The number of rotatable bonds is 6. The van der Waals surface area contributed by atoms with E-state index in [2.05, 4.69) is 52.0 Å². The highest BCUT2D eigenvalue weighted by Crippen LogP contribution is 2.27. The number of hydrogen-bond donors (Lipinski definition) is 1. The van der Waals surface area contributed by atoms with E-state index in [-0.39, 0.29) is 5.41 Å². The standard InChI is InChI=1S/C16H27N/c1-5-10-16(4,12-17)11-14-6-8-15(9-7-14)13(2)3/h6-9,13H,5,10-12,17H2,1-4H3. The third-order valence-corrected chi connectivity index (χ3v) is 3.62. The minimum absolute atomic E-state index is 0.258. The predicted molar refractivity (Wildman–Crippen MR) is 76.3 cm³/mol. The van der Waals surface area contributed by atoms with Crippen LogP contribution in [0.15, 0.2) is 24.3 Å². The Morgan fingerprint density at radius 3 is 2.18 bits per heavy atom. The minimum atomic E-state index is 0.258. The largest absolute Gasteiger partial charge is 0.330 e. The topological polar surface area (TPSA) is 26.0 Å². The molecule has 1 atom stereocenters. The molecule has 0 radical (unpaired) electrons. The van der Waals surface area contributed by atoms with Gasteiger partial charge in [-0.2, -0.15) is 0 Å². The van der Waals surface area contributed by atoms with Gasteiger partial charge in [0.05, 0.1) is 0 Å². The molecular formula is C16H27N. The molecule has 2 N–H and O–H groups in total. The predicted octanol–water partition coefficient (Wildman–Crippen LogP) is 4.12. The van der Waals surface area contributed by atoms with E-state index in [1.165, 1.54) is 24.0 Å². The first-order valence-electron chi connectivity index (χ1n) is 6.79. The van der Waals surface area contributed by atoms with E-state index in [1.54, 1.807) is 0 Å². The summed E-state index contributed by atoms with van der Waals surface area (Å²) in [6.45, 7) is 9.77. The van der Waals surface area contributed by atoms with Gasteiger partial charge < -0.3 is 5.73 Å². The molecule has 0 heterocycles. The maximum Gasteiger partial charge on any atom is -0.00200 e. The van der Waals surface area contributed by atoms with E-state index in [9.17, 15) is 0 Å². The van der Waals surface area contributed by atoms with Crippen LogP contribution in [0.5, 0.6) is 0 Å². The maximum absolute atomic E-state index is 5.92. The summed E-state index contributed by atoms with van der Waals surface area (Å²) in [4.78, 5) is 0. The Morgan fingerprint density at radius 1 is 1.18 bits per heavy atom. The molecule has 0 fully saturated rings. The fraction of sp³-hybridized carbons (Fsp3) is 0.625. The third-order valence-electron chi connectivity index (χ3n) is 3.62. The Bertz CT molecular complexity index is 326. The van der Waals surface area contributed by atoms with Crippen molar-refractivity contribution in [1.82, 2.24) is 0 Å². The average molecular weight is 233 g/mol. The van der Waals surface area contributed by atoms with Crippen molar-refractivity contribution in [2.45, 2.75) is 52.9 Å². The summed E-state index contributed by atoms with van der Waals surface area (Å²) in [7, 11) is 0. The molecule has 17 heavy (non-hydrogen) atoms. The fourth-order valence-electron chi connectivity index (χ4n) is 2.38. The summed E-state index contributed by atoms with van der Waals surface area (Å²) in [6, 6.07) is 9.03. The smallest absolute Gasteiger partial charge is 0.00200 e. The second-order valence-electron chi connectivity index (χ2n) is 5.84. The Balaban J connectivity index is 2.73. The highest BCUT2D eigenvalue weighted by molar-refractivity contribution is 5.25. The first-order chi connectivity index (χ1) is 8.00. The molecule has 1 aromatic carbocycles. The molecule has 0 amide bonds. The molecule has 0 saturated heterocycles. The molecule has 0 aromatic heterocycles. The average Bonchev–Trinajstić information content (AvgIpc) is 2.30. The minimum Gasteiger partial charge on any atom is -0.330 e. The lowest BCUT2D eigenvalue weighted by Gasteiger charge is -2.27. The molecule has 1 aromatic rings. The van der Waals surface area contributed by atoms with E-state index in [0.717, 1.165) is 13.0 Å². The molecule has 96 valence electrons. The first-order valence-corrected chi connectivity index (χ1v) is 6.79. The molecule has 0 aliphatic rings. The third kappa shape index (κ3) is 4.16. The maximum atomic E-state index is 5.92. The van der Waals surface area contributed by atoms with Gasteiger partial charge in [0.2, 0.25) is 0 Å². The van der Waals surface area contributed by atoms with E-state index < -0.39 is 0 Å². The van der Waals surface area contributed by atoms with Crippen LogP contribution in [-0.4, -0.2) is 6.54 Å². The summed E-state index contributed by atoms with van der Waals surface area (Å²) < 4.78 is 0. The van der Waals surface area contributed by atoms with Crippen molar-refractivity contribution in [1.29, 1.82) is 0 Å². The van der Waals surface area contributed by atoms with Crippen molar-refractivity contribution < 1.29 is 0 Å². The van der Waals surface area contributed by atoms with E-state index in [1.807, 2.05) is 0 Å². The molecule has 1 rings (SSSR count). The van der Waals surface area contributed by atoms with Gasteiger partial charge >= 0.3 is 0 Å². The molecular weight excluding hydrogens is 206 g/mol. The van der Waals surface area contributed by atoms with Crippen molar-refractivity contribution in [2.75, 3.05) is 6.54 Å². The van der Waals surface area contributed by atoms with Gasteiger partial charge in [-0.3, -0.25) is 0 Å². The molecule has 0 saturated carbocycles. The summed E-state index contributed by atoms with van der Waals surface area (Å²) in [5, 5.41) is 0. The van der Waals surface area contributed by atoms with Crippen LogP contribution in [-0.2, 0) is 6.42 Å². The van der Waals surface area contributed by atoms with Gasteiger partial charge in [-0.25, -0.2) is 0 Å². The summed E-state index contributed by atoms with van der Waals surface area (Å²) >= 11 is 0. The summed E-state index contributed by atoms with van der Waals surface area (Å²) in [5.74, 6) is 0.612. The molecule has 0 bridgehead atoms. The zero-order chi connectivity index (χ0) is 12.9. The monoisotopic (exact) mass is 233 g/mol. The normalized spacial score (nSPS) is 14.9. The van der Waals surface area contributed by atoms with Gasteiger partial charge in [0.25, 0.3) is 0 Å². The summed E-state index contributed by atoms with van der Waals surface area (Å²) in [5.41, 5.74) is 9.01. The second kappa shape index (κ2) is 6.20. The SMILES string of the molecule is CCCC(C)(CN)Cc1ccc(C(C)C)cc1. The zero-order valence-electron chi connectivity index (χ0n) is 11.8. The van der Waals surface area contributed by atoms with Crippen LogP contribution in [0.4, 0.5) is 0 Å². The molecule has 0 spiro atoms. The lowest BCUT2D eigenvalue weighted by atomic mass is 9.79. The highest BCUT2D eigenvalue weighted by Gasteiger charge is 2.21. The van der Waals surface area contributed by atoms with Crippen molar-refractivity contribution in [3.05, 3.63) is 35.4 Å². The fourth-order valence-corrected chi connectivity index (χ4v) is 2.38. The Kier molecular flexibility index (Phi) is 5.20. The quantitative estimate of drug-likeness (QED) is 0.786. The van der Waals surface area contributed by atoms with Gasteiger partial charge in [-0.1, -0.05) is 58.4 Å². The molecule has 1 unspecified atom stereocenters. The van der Waals surface area contributed by atoms with Gasteiger partial charge in [-0.15, -0.1) is 0 Å². The van der Waals surface area contributed by atoms with E-state index in [4.69, 9.17) is 5.73 Å². The van der Waals surface area contributed by atoms with Crippen LogP contribution in [0, 0.1) is 5.41 Å². The van der Waals surface area contributed by atoms with Crippen LogP contribution < -0.4 is 5.73 Å². The summed E-state index contributed by atoms with van der Waals surface area (Å²) in [6.07, 6.45) is 3.50. The van der Waals surface area contributed by atoms with Crippen molar-refractivity contribution in [2.24, 2.45) is 11.1 Å². The lowest BCUT2D eigenvalue weighted by molar-refractivity contribution is 0.302. The Hall–Kier alpha value is -0.820. The van der Waals surface area contributed by atoms with Crippen molar-refractivity contribution >= 4 is 0 Å². The number of nitrogens with two attached hydrogens (primary N) is 1. The van der Waals surface area contributed by atoms with Gasteiger partial charge in [0.1, 0.15) is 0 Å². The second-order valence-corrected chi connectivity index (χ2v) is 5.84. The van der Waals surface area contributed by atoms with Gasteiger partial charge in [-0.05, 0) is 41.8 Å². The molecule has 0 aliphatic carbocycles. The highest BCUT2D eigenvalue weighted by atomic mass is 14.6. The molecule has 0 aliphatic heterocycles. The van der Waals surface area contributed by atoms with Crippen LogP contribution in [0.1, 0.15) is 57.6 Å². The number of hydrogen-bond acceptors (Lipinski definition) is 1. The van der Waals surface area contributed by atoms with Crippen LogP contribution in [0.2, 0.25) is 0 Å². The Morgan fingerprint density at radius 2 is 1.76 bits per heavy atom. The molecule has 1 heteroatoms. The van der Waals surface area contributed by atoms with E-state index >= 15 is 0 Å². The van der Waals surface area contributed by atoms with E-state index in [0.29, 0.717) is 5.92 Å². The van der Waals surface area contributed by atoms with Crippen molar-refractivity contribution in [3.8, 4) is 0 Å². The zero-order valence-corrected chi connectivity index (χ0v) is 11.8. The van der Waals surface area contributed by atoms with Gasteiger partial charge in [0.15, 0.2) is 0 Å². The molecule has 1 nitrogen and oxygen atoms in total.